The number of rotatable bonds is 21. The normalized spacial score (nSPS) is 12.2. The van der Waals surface area contributed by atoms with E-state index in [1.165, 1.54) is 64.2 Å². The Morgan fingerprint density at radius 3 is 1.83 bits per heavy atom. The Balaban J connectivity index is 3.45. The third-order valence-corrected chi connectivity index (χ3v) is 5.12. The zero-order valence-electron chi connectivity index (χ0n) is 18.5. The van der Waals surface area contributed by atoms with E-state index in [9.17, 15) is 14.4 Å². The number of allylic oxidation sites excluding steroid dienone is 2. The predicted molar refractivity (Wildman–Crippen MR) is 119 cm³/mol. The van der Waals surface area contributed by atoms with Gasteiger partial charge in [0.25, 0.3) is 0 Å². The summed E-state index contributed by atoms with van der Waals surface area (Å²) in [7, 11) is 0. The molecule has 0 aliphatic rings. The Kier molecular flexibility index (Phi) is 19.9. The van der Waals surface area contributed by atoms with Crippen LogP contribution >= 0.6 is 0 Å². The summed E-state index contributed by atoms with van der Waals surface area (Å²) < 4.78 is 0. The van der Waals surface area contributed by atoms with E-state index in [1.54, 1.807) is 0 Å². The highest BCUT2D eigenvalue weighted by atomic mass is 16.4. The molecule has 0 radical (unpaired) electrons. The third-order valence-electron chi connectivity index (χ3n) is 5.12. The molecule has 0 saturated heterocycles. The lowest BCUT2D eigenvalue weighted by molar-refractivity contribution is -0.142. The van der Waals surface area contributed by atoms with Crippen molar-refractivity contribution in [1.29, 1.82) is 0 Å². The number of aldehydes is 1. The van der Waals surface area contributed by atoms with Gasteiger partial charge >= 0.3 is 5.97 Å². The minimum atomic E-state index is -1.08. The Morgan fingerprint density at radius 2 is 1.31 bits per heavy atom. The number of carboxylic acids is 1. The number of hydrogen-bond donors (Lipinski definition) is 2. The molecule has 0 aliphatic heterocycles. The van der Waals surface area contributed by atoms with Crippen LogP contribution in [0.5, 0.6) is 0 Å². The van der Waals surface area contributed by atoms with Crippen LogP contribution in [0.15, 0.2) is 12.2 Å². The molecule has 0 unspecified atom stereocenters. The summed E-state index contributed by atoms with van der Waals surface area (Å²) in [6, 6.07) is -0.957. The standard InChI is InChI=1S/C24H43NO4/c1-2-3-4-5-6-7-8-9-10-11-12-13-14-15-16-17-20-23(27)25-22(24(28)29)19-18-21-26/h9-10,21-22H,2-8,11-20H2,1H3,(H,25,27)(H,28,29)/b10-9-/t22-/m0/s1. The molecule has 2 N–H and O–H groups in total. The Morgan fingerprint density at radius 1 is 0.793 bits per heavy atom. The summed E-state index contributed by atoms with van der Waals surface area (Å²) in [5.74, 6) is -1.32. The van der Waals surface area contributed by atoms with Gasteiger partial charge in [0, 0.05) is 12.8 Å². The molecule has 0 fully saturated rings. The van der Waals surface area contributed by atoms with Crippen molar-refractivity contribution in [1.82, 2.24) is 5.32 Å². The molecule has 0 bridgehead atoms. The molecular formula is C24H43NO4. The zero-order chi connectivity index (χ0) is 21.6. The van der Waals surface area contributed by atoms with Crippen molar-refractivity contribution in [3.05, 3.63) is 12.2 Å². The Bertz CT molecular complexity index is 448. The second-order valence-electron chi connectivity index (χ2n) is 7.89. The summed E-state index contributed by atoms with van der Waals surface area (Å²) >= 11 is 0. The molecule has 0 aromatic carbocycles. The minimum absolute atomic E-state index is 0.144. The van der Waals surface area contributed by atoms with E-state index >= 15 is 0 Å². The van der Waals surface area contributed by atoms with Crippen LogP contribution in [0.4, 0.5) is 0 Å². The van der Waals surface area contributed by atoms with Gasteiger partial charge in [-0.1, -0.05) is 76.9 Å². The van der Waals surface area contributed by atoms with Crippen molar-refractivity contribution in [3.8, 4) is 0 Å². The van der Waals surface area contributed by atoms with E-state index in [1.807, 2.05) is 0 Å². The first-order valence-corrected chi connectivity index (χ1v) is 11.7. The molecule has 0 aromatic rings. The SMILES string of the molecule is CCCCCCCC/C=C\CCCCCCCCC(=O)N[C@@H](CCC=O)C(=O)O. The summed E-state index contributed by atoms with van der Waals surface area (Å²) in [5, 5.41) is 11.5. The van der Waals surface area contributed by atoms with E-state index < -0.39 is 12.0 Å². The fourth-order valence-corrected chi connectivity index (χ4v) is 3.29. The van der Waals surface area contributed by atoms with Gasteiger partial charge in [-0.2, -0.15) is 0 Å². The van der Waals surface area contributed by atoms with Gasteiger partial charge in [0.05, 0.1) is 0 Å². The average Bonchev–Trinajstić information content (AvgIpc) is 2.70. The lowest BCUT2D eigenvalue weighted by Gasteiger charge is -2.13. The summed E-state index contributed by atoms with van der Waals surface area (Å²) in [5.41, 5.74) is 0. The smallest absolute Gasteiger partial charge is 0.326 e. The Hall–Kier alpha value is -1.65. The molecule has 0 aliphatic carbocycles. The first-order chi connectivity index (χ1) is 14.1. The van der Waals surface area contributed by atoms with E-state index in [0.717, 1.165) is 25.7 Å². The second kappa shape index (κ2) is 21.1. The first kappa shape index (κ1) is 27.4. The van der Waals surface area contributed by atoms with Gasteiger partial charge in [-0.3, -0.25) is 4.79 Å². The molecule has 5 nitrogen and oxygen atoms in total. The minimum Gasteiger partial charge on any atom is -0.480 e. The number of carbonyl (C=O) groups is 3. The molecule has 1 amide bonds. The van der Waals surface area contributed by atoms with Crippen LogP contribution in [0.25, 0.3) is 0 Å². The lowest BCUT2D eigenvalue weighted by atomic mass is 10.1. The molecular weight excluding hydrogens is 366 g/mol. The maximum atomic E-state index is 11.8. The monoisotopic (exact) mass is 409 g/mol. The lowest BCUT2D eigenvalue weighted by Crippen LogP contribution is -2.40. The van der Waals surface area contributed by atoms with Gasteiger partial charge in [0.2, 0.25) is 5.91 Å². The quantitative estimate of drug-likeness (QED) is 0.139. The van der Waals surface area contributed by atoms with Crippen molar-refractivity contribution in [3.63, 3.8) is 0 Å². The van der Waals surface area contributed by atoms with Crippen molar-refractivity contribution >= 4 is 18.2 Å². The molecule has 0 rings (SSSR count). The maximum Gasteiger partial charge on any atom is 0.326 e. The van der Waals surface area contributed by atoms with Crippen LogP contribution < -0.4 is 5.32 Å². The van der Waals surface area contributed by atoms with Crippen LogP contribution in [0, 0.1) is 0 Å². The van der Waals surface area contributed by atoms with Gasteiger partial charge in [-0.15, -0.1) is 0 Å². The van der Waals surface area contributed by atoms with E-state index in [4.69, 9.17) is 5.11 Å². The van der Waals surface area contributed by atoms with E-state index in [0.29, 0.717) is 12.7 Å². The number of carbonyl (C=O) groups excluding carboxylic acids is 2. The molecule has 0 heterocycles. The molecule has 0 saturated carbocycles. The largest absolute Gasteiger partial charge is 0.480 e. The molecule has 29 heavy (non-hydrogen) atoms. The fraction of sp³-hybridized carbons (Fsp3) is 0.792. The molecule has 5 heteroatoms. The molecule has 0 spiro atoms. The van der Waals surface area contributed by atoms with Gasteiger partial charge in [0.1, 0.15) is 12.3 Å². The van der Waals surface area contributed by atoms with Crippen LogP contribution in [0.1, 0.15) is 116 Å². The van der Waals surface area contributed by atoms with Crippen molar-refractivity contribution in [2.45, 2.75) is 122 Å². The predicted octanol–water partition coefficient (Wildman–Crippen LogP) is 5.96. The van der Waals surface area contributed by atoms with Crippen LogP contribution in [-0.4, -0.2) is 29.3 Å². The van der Waals surface area contributed by atoms with Crippen LogP contribution in [-0.2, 0) is 14.4 Å². The van der Waals surface area contributed by atoms with Crippen molar-refractivity contribution in [2.75, 3.05) is 0 Å². The average molecular weight is 410 g/mol. The summed E-state index contributed by atoms with van der Waals surface area (Å²) in [6.45, 7) is 2.25. The number of carboxylic acid groups (broad SMARTS) is 1. The third kappa shape index (κ3) is 19.4. The van der Waals surface area contributed by atoms with Gasteiger partial charge in [0.15, 0.2) is 0 Å². The number of aliphatic carboxylic acids is 1. The molecule has 1 atom stereocenters. The topological polar surface area (TPSA) is 83.5 Å². The van der Waals surface area contributed by atoms with Gasteiger partial charge < -0.3 is 15.2 Å². The van der Waals surface area contributed by atoms with E-state index in [2.05, 4.69) is 24.4 Å². The number of amides is 1. The fourth-order valence-electron chi connectivity index (χ4n) is 3.29. The highest BCUT2D eigenvalue weighted by molar-refractivity contribution is 5.83. The van der Waals surface area contributed by atoms with E-state index in [-0.39, 0.29) is 18.7 Å². The van der Waals surface area contributed by atoms with Gasteiger partial charge in [-0.05, 0) is 38.5 Å². The number of nitrogens with one attached hydrogen (secondary N) is 1. The Labute approximate surface area is 177 Å². The zero-order valence-corrected chi connectivity index (χ0v) is 18.5. The first-order valence-electron chi connectivity index (χ1n) is 11.7. The number of unbranched alkanes of at least 4 members (excludes halogenated alkanes) is 12. The van der Waals surface area contributed by atoms with Gasteiger partial charge in [-0.25, -0.2) is 4.79 Å². The molecule has 168 valence electrons. The highest BCUT2D eigenvalue weighted by Gasteiger charge is 2.18. The highest BCUT2D eigenvalue weighted by Crippen LogP contribution is 2.10. The summed E-state index contributed by atoms with van der Waals surface area (Å²) in [4.78, 5) is 33.2. The maximum absolute atomic E-state index is 11.8. The van der Waals surface area contributed by atoms with Crippen LogP contribution in [0.2, 0.25) is 0 Å². The van der Waals surface area contributed by atoms with Crippen molar-refractivity contribution < 1.29 is 19.5 Å². The molecule has 0 aromatic heterocycles. The second-order valence-corrected chi connectivity index (χ2v) is 7.89. The van der Waals surface area contributed by atoms with Crippen molar-refractivity contribution in [2.24, 2.45) is 0 Å². The number of hydrogen-bond acceptors (Lipinski definition) is 3. The summed E-state index contributed by atoms with van der Waals surface area (Å²) in [6.07, 6.45) is 23.0. The van der Waals surface area contributed by atoms with Crippen LogP contribution in [0.3, 0.4) is 0 Å².